The largest absolute Gasteiger partial charge is 0.490 e. The van der Waals surface area contributed by atoms with Crippen molar-refractivity contribution in [3.8, 4) is 22.9 Å². The number of amides is 1. The Morgan fingerprint density at radius 2 is 1.68 bits per heavy atom. The topological polar surface area (TPSA) is 103 Å². The highest BCUT2D eigenvalue weighted by atomic mass is 16.5. The van der Waals surface area contributed by atoms with Crippen molar-refractivity contribution in [3.05, 3.63) is 119 Å². The Bertz CT molecular complexity index is 1520. The maximum Gasteiger partial charge on any atom is 0.336 e. The summed E-state index contributed by atoms with van der Waals surface area (Å²) in [7, 11) is 0. The number of aromatic carboxylic acids is 1. The second-order valence-corrected chi connectivity index (χ2v) is 8.99. The van der Waals surface area contributed by atoms with Gasteiger partial charge in [-0.15, -0.1) is 0 Å². The number of nitrogens with one attached hydrogen (secondary N) is 1. The van der Waals surface area contributed by atoms with Gasteiger partial charge < -0.3 is 20.1 Å². The molecule has 7 heteroatoms. The maximum absolute atomic E-state index is 12.7. The van der Waals surface area contributed by atoms with Gasteiger partial charge in [0.25, 0.3) is 5.91 Å². The molecule has 1 heterocycles. The van der Waals surface area contributed by atoms with Crippen LogP contribution in [0.15, 0.2) is 91.0 Å². The zero-order chi connectivity index (χ0) is 26.5. The van der Waals surface area contributed by atoms with E-state index in [0.29, 0.717) is 48.7 Å². The third kappa shape index (κ3) is 5.35. The first-order valence-corrected chi connectivity index (χ1v) is 12.2. The number of carbonyl (C=O) groups excluding carboxylic acids is 1. The van der Waals surface area contributed by atoms with E-state index in [9.17, 15) is 14.7 Å². The molecule has 0 aromatic heterocycles. The minimum absolute atomic E-state index is 0.199. The summed E-state index contributed by atoms with van der Waals surface area (Å²) in [4.78, 5) is 26.5. The molecule has 4 aromatic rings. The molecule has 38 heavy (non-hydrogen) atoms. The summed E-state index contributed by atoms with van der Waals surface area (Å²) >= 11 is 0. The van der Waals surface area contributed by atoms with Gasteiger partial charge in [-0.2, -0.15) is 5.26 Å². The van der Waals surface area contributed by atoms with Crippen molar-refractivity contribution in [3.63, 3.8) is 0 Å². The highest BCUT2D eigenvalue weighted by Gasteiger charge is 2.20. The van der Waals surface area contributed by atoms with Crippen molar-refractivity contribution in [1.82, 2.24) is 5.32 Å². The fraction of sp³-hybridized carbons (Fsp3) is 0.129. The van der Waals surface area contributed by atoms with Gasteiger partial charge in [0.15, 0.2) is 0 Å². The molecule has 0 aliphatic carbocycles. The molecule has 0 radical (unpaired) electrons. The molecule has 4 aromatic carbocycles. The van der Waals surface area contributed by atoms with Crippen LogP contribution < -0.4 is 15.0 Å². The molecule has 188 valence electrons. The second-order valence-electron chi connectivity index (χ2n) is 8.99. The minimum Gasteiger partial charge on any atom is -0.490 e. The smallest absolute Gasteiger partial charge is 0.336 e. The van der Waals surface area contributed by atoms with Crippen LogP contribution in [0, 0.1) is 11.3 Å². The Hall–Kier alpha value is -5.09. The molecule has 0 fully saturated rings. The van der Waals surface area contributed by atoms with Gasteiger partial charge in [-0.05, 0) is 58.7 Å². The molecule has 1 aliphatic heterocycles. The summed E-state index contributed by atoms with van der Waals surface area (Å²) in [5.41, 5.74) is 5.82. The second kappa shape index (κ2) is 10.9. The molecule has 0 atom stereocenters. The predicted molar refractivity (Wildman–Crippen MR) is 144 cm³/mol. The lowest BCUT2D eigenvalue weighted by molar-refractivity contribution is 0.0697. The van der Waals surface area contributed by atoms with E-state index in [1.165, 1.54) is 0 Å². The number of anilines is 1. The van der Waals surface area contributed by atoms with Gasteiger partial charge in [-0.3, -0.25) is 4.79 Å². The Kier molecular flexibility index (Phi) is 7.05. The summed E-state index contributed by atoms with van der Waals surface area (Å²) < 4.78 is 5.88. The number of hydrogen-bond acceptors (Lipinski definition) is 5. The monoisotopic (exact) mass is 503 g/mol. The van der Waals surface area contributed by atoms with Crippen molar-refractivity contribution < 1.29 is 19.4 Å². The van der Waals surface area contributed by atoms with Crippen molar-refractivity contribution in [2.75, 3.05) is 18.1 Å². The average Bonchev–Trinajstić information content (AvgIpc) is 2.96. The molecule has 0 saturated carbocycles. The van der Waals surface area contributed by atoms with Gasteiger partial charge in [0.05, 0.1) is 29.4 Å². The van der Waals surface area contributed by atoms with Crippen molar-refractivity contribution in [2.45, 2.75) is 13.1 Å². The van der Waals surface area contributed by atoms with E-state index < -0.39 is 5.97 Å². The number of rotatable bonds is 7. The van der Waals surface area contributed by atoms with Crippen LogP contribution in [-0.4, -0.2) is 30.1 Å². The third-order valence-electron chi connectivity index (χ3n) is 6.51. The third-order valence-corrected chi connectivity index (χ3v) is 6.51. The van der Waals surface area contributed by atoms with Gasteiger partial charge in [0.2, 0.25) is 0 Å². The van der Waals surface area contributed by atoms with E-state index in [0.717, 1.165) is 22.4 Å². The molecule has 0 bridgehead atoms. The van der Waals surface area contributed by atoms with E-state index in [-0.39, 0.29) is 11.5 Å². The first-order valence-electron chi connectivity index (χ1n) is 12.2. The molecule has 5 rings (SSSR count). The van der Waals surface area contributed by atoms with Gasteiger partial charge in [0.1, 0.15) is 12.4 Å². The van der Waals surface area contributed by atoms with Crippen LogP contribution in [-0.2, 0) is 13.1 Å². The number of nitriles is 1. The Labute approximate surface area is 220 Å². The summed E-state index contributed by atoms with van der Waals surface area (Å²) in [6.07, 6.45) is 0. The van der Waals surface area contributed by atoms with E-state index in [2.05, 4.69) is 16.3 Å². The van der Waals surface area contributed by atoms with Crippen molar-refractivity contribution >= 4 is 17.6 Å². The number of hydrogen-bond donors (Lipinski definition) is 2. The normalized spacial score (nSPS) is 12.1. The standard InChI is InChI=1S/C31H25N3O4/c32-18-21-5-7-22(8-6-21)19-33-30(35)25-13-14-28-29(17-25)38-16-15-34(28)20-23-9-11-24(12-10-23)26-3-1-2-4-27(26)31(36)37/h1-14,17H,15-16,19-20H2,(H,33,35)(H,36,37). The number of carbonyl (C=O) groups is 2. The molecular formula is C31H25N3O4. The molecule has 0 unspecified atom stereocenters. The van der Waals surface area contributed by atoms with Crippen LogP contribution in [0.3, 0.4) is 0 Å². The SMILES string of the molecule is N#Cc1ccc(CNC(=O)c2ccc3c(c2)OCCN3Cc2ccc(-c3ccccc3C(=O)O)cc2)cc1. The molecule has 1 aliphatic rings. The highest BCUT2D eigenvalue weighted by molar-refractivity contribution is 5.96. The number of nitrogens with zero attached hydrogens (tertiary/aromatic N) is 2. The van der Waals surface area contributed by atoms with E-state index in [4.69, 9.17) is 10.00 Å². The summed E-state index contributed by atoms with van der Waals surface area (Å²) in [5, 5.41) is 21.3. The Morgan fingerprint density at radius 1 is 0.947 bits per heavy atom. The molecule has 1 amide bonds. The van der Waals surface area contributed by atoms with Crippen LogP contribution >= 0.6 is 0 Å². The number of fused-ring (bicyclic) bond motifs is 1. The minimum atomic E-state index is -0.947. The molecule has 0 saturated heterocycles. The lowest BCUT2D eigenvalue weighted by Crippen LogP contribution is -2.32. The van der Waals surface area contributed by atoms with Gasteiger partial charge in [-0.25, -0.2) is 4.79 Å². The summed E-state index contributed by atoms with van der Waals surface area (Å²) in [6.45, 7) is 2.23. The van der Waals surface area contributed by atoms with Crippen molar-refractivity contribution in [2.24, 2.45) is 0 Å². The van der Waals surface area contributed by atoms with E-state index in [1.54, 1.807) is 36.4 Å². The number of ether oxygens (including phenoxy) is 1. The lowest BCUT2D eigenvalue weighted by Gasteiger charge is -2.31. The Morgan fingerprint density at radius 3 is 2.42 bits per heavy atom. The molecule has 2 N–H and O–H groups in total. The number of benzene rings is 4. The van der Waals surface area contributed by atoms with Crippen LogP contribution in [0.25, 0.3) is 11.1 Å². The number of carboxylic acid groups (broad SMARTS) is 1. The van der Waals surface area contributed by atoms with Crippen molar-refractivity contribution in [1.29, 1.82) is 5.26 Å². The van der Waals surface area contributed by atoms with Crippen LogP contribution in [0.2, 0.25) is 0 Å². The summed E-state index contributed by atoms with van der Waals surface area (Å²) in [6, 6.07) is 29.5. The first kappa shape index (κ1) is 24.6. The zero-order valence-electron chi connectivity index (χ0n) is 20.6. The molecule has 7 nitrogen and oxygen atoms in total. The predicted octanol–water partition coefficient (Wildman–Crippen LogP) is 5.25. The lowest BCUT2D eigenvalue weighted by atomic mass is 9.98. The fourth-order valence-corrected chi connectivity index (χ4v) is 4.50. The molecule has 0 spiro atoms. The van der Waals surface area contributed by atoms with Gasteiger partial charge in [-0.1, -0.05) is 54.6 Å². The van der Waals surface area contributed by atoms with Crippen LogP contribution in [0.5, 0.6) is 5.75 Å². The zero-order valence-corrected chi connectivity index (χ0v) is 20.6. The molecular weight excluding hydrogens is 478 g/mol. The quantitative estimate of drug-likeness (QED) is 0.357. The van der Waals surface area contributed by atoms with Gasteiger partial charge >= 0.3 is 5.97 Å². The van der Waals surface area contributed by atoms with Crippen LogP contribution in [0.4, 0.5) is 5.69 Å². The van der Waals surface area contributed by atoms with Crippen LogP contribution in [0.1, 0.15) is 37.4 Å². The maximum atomic E-state index is 12.7. The van der Waals surface area contributed by atoms with Gasteiger partial charge in [0, 0.05) is 18.7 Å². The fourth-order valence-electron chi connectivity index (χ4n) is 4.50. The highest BCUT2D eigenvalue weighted by Crippen LogP contribution is 2.34. The van der Waals surface area contributed by atoms with E-state index in [1.807, 2.05) is 54.6 Å². The first-order chi connectivity index (χ1) is 18.5. The van der Waals surface area contributed by atoms with E-state index >= 15 is 0 Å². The summed E-state index contributed by atoms with van der Waals surface area (Å²) in [5.74, 6) is -0.485. The average molecular weight is 504 g/mol. The number of carboxylic acids is 1. The Balaban J connectivity index is 1.26.